The number of carbonyl (C=O) groups is 2. The van der Waals surface area contributed by atoms with Crippen LogP contribution in [0.5, 0.6) is 0 Å². The van der Waals surface area contributed by atoms with Gasteiger partial charge in [-0.25, -0.2) is 17.9 Å². The molecule has 0 bridgehead atoms. The molecule has 0 saturated carbocycles. The minimum atomic E-state index is -3.77. The first kappa shape index (κ1) is 21.8. The first-order chi connectivity index (χ1) is 14.3. The Morgan fingerprint density at radius 3 is 2.57 bits per heavy atom. The zero-order chi connectivity index (χ0) is 21.6. The fourth-order valence-electron chi connectivity index (χ4n) is 3.06. The van der Waals surface area contributed by atoms with E-state index < -0.39 is 16.1 Å². The molecular weight excluding hydrogens is 408 g/mol. The molecule has 0 spiro atoms. The number of sulfonamides is 1. The number of amides is 3. The van der Waals surface area contributed by atoms with Gasteiger partial charge >= 0.3 is 6.03 Å². The normalized spacial score (nSPS) is 16.2. The van der Waals surface area contributed by atoms with Gasteiger partial charge in [-0.3, -0.25) is 4.79 Å². The van der Waals surface area contributed by atoms with Crippen LogP contribution in [0.25, 0.3) is 0 Å². The lowest BCUT2D eigenvalue weighted by Crippen LogP contribution is -2.31. The van der Waals surface area contributed by atoms with Gasteiger partial charge in [0.1, 0.15) is 0 Å². The number of benzene rings is 2. The van der Waals surface area contributed by atoms with Crippen molar-refractivity contribution in [3.63, 3.8) is 0 Å². The predicted octanol–water partition coefficient (Wildman–Crippen LogP) is 1.56. The van der Waals surface area contributed by atoms with E-state index in [1.807, 2.05) is 0 Å². The first-order valence-corrected chi connectivity index (χ1v) is 11.0. The highest BCUT2D eigenvalue weighted by atomic mass is 32.2. The van der Waals surface area contributed by atoms with Gasteiger partial charge in [-0.1, -0.05) is 12.1 Å². The number of ether oxygens (including phenoxy) is 1. The van der Waals surface area contributed by atoms with Crippen molar-refractivity contribution in [3.05, 3.63) is 59.7 Å². The lowest BCUT2D eigenvalue weighted by atomic mass is 10.1. The molecule has 0 radical (unpaired) electrons. The van der Waals surface area contributed by atoms with Gasteiger partial charge in [-0.2, -0.15) is 0 Å². The van der Waals surface area contributed by atoms with Crippen molar-refractivity contribution >= 4 is 27.6 Å². The average Bonchev–Trinajstić information content (AvgIpc) is 3.24. The summed E-state index contributed by atoms with van der Waals surface area (Å²) < 4.78 is 33.0. The summed E-state index contributed by atoms with van der Waals surface area (Å²) in [5.74, 6) is -0.229. The maximum Gasteiger partial charge on any atom is 0.316 e. The van der Waals surface area contributed by atoms with Gasteiger partial charge < -0.3 is 21.1 Å². The van der Waals surface area contributed by atoms with Crippen molar-refractivity contribution in [2.75, 3.05) is 18.5 Å². The third kappa shape index (κ3) is 6.02. The lowest BCUT2D eigenvalue weighted by molar-refractivity contribution is 0.0857. The zero-order valence-electron chi connectivity index (χ0n) is 16.3. The van der Waals surface area contributed by atoms with E-state index in [0.717, 1.165) is 19.4 Å². The van der Waals surface area contributed by atoms with Crippen LogP contribution in [0.3, 0.4) is 0 Å². The number of anilines is 1. The second kappa shape index (κ2) is 9.70. The van der Waals surface area contributed by atoms with E-state index in [2.05, 4.69) is 15.4 Å². The molecule has 10 heteroatoms. The number of nitrogens with two attached hydrogens (primary N) is 1. The molecule has 0 aromatic heterocycles. The van der Waals surface area contributed by atoms with Gasteiger partial charge in [-0.15, -0.1) is 0 Å². The van der Waals surface area contributed by atoms with Crippen molar-refractivity contribution in [1.29, 1.82) is 0 Å². The van der Waals surface area contributed by atoms with E-state index in [4.69, 9.17) is 10.5 Å². The van der Waals surface area contributed by atoms with Crippen LogP contribution in [-0.2, 0) is 21.3 Å². The van der Waals surface area contributed by atoms with Crippen LogP contribution in [0.1, 0.15) is 28.8 Å². The van der Waals surface area contributed by atoms with Gasteiger partial charge in [0.25, 0.3) is 5.91 Å². The molecule has 1 aliphatic heterocycles. The van der Waals surface area contributed by atoms with Gasteiger partial charge in [0.15, 0.2) is 0 Å². The molecule has 2 aromatic carbocycles. The van der Waals surface area contributed by atoms with Crippen LogP contribution in [-0.4, -0.2) is 39.6 Å². The number of nitrogens with one attached hydrogen (secondary N) is 3. The minimum absolute atomic E-state index is 0.0243. The summed E-state index contributed by atoms with van der Waals surface area (Å²) in [4.78, 5) is 23.2. The van der Waals surface area contributed by atoms with E-state index in [9.17, 15) is 18.0 Å². The number of hydrogen-bond donors (Lipinski definition) is 4. The van der Waals surface area contributed by atoms with E-state index in [0.29, 0.717) is 23.4 Å². The summed E-state index contributed by atoms with van der Waals surface area (Å²) in [5, 5.41) is 5.21. The molecule has 3 rings (SSSR count). The number of rotatable bonds is 8. The number of carbonyl (C=O) groups excluding carboxylic acids is 2. The highest BCUT2D eigenvalue weighted by molar-refractivity contribution is 7.89. The minimum Gasteiger partial charge on any atom is -0.376 e. The lowest BCUT2D eigenvalue weighted by Gasteiger charge is -2.12. The number of urea groups is 1. The van der Waals surface area contributed by atoms with Crippen LogP contribution >= 0.6 is 0 Å². The molecule has 0 unspecified atom stereocenters. The molecular formula is C20H24N4O5S. The Bertz CT molecular complexity index is 1000. The van der Waals surface area contributed by atoms with Gasteiger partial charge in [0.05, 0.1) is 11.0 Å². The summed E-state index contributed by atoms with van der Waals surface area (Å²) >= 11 is 0. The Morgan fingerprint density at radius 1 is 1.13 bits per heavy atom. The van der Waals surface area contributed by atoms with Gasteiger partial charge in [0, 0.05) is 30.9 Å². The molecule has 1 aliphatic rings. The smallest absolute Gasteiger partial charge is 0.316 e. The third-order valence-corrected chi connectivity index (χ3v) is 6.02. The number of hydrogen-bond acceptors (Lipinski definition) is 5. The molecule has 160 valence electrons. The second-order valence-corrected chi connectivity index (χ2v) is 8.65. The largest absolute Gasteiger partial charge is 0.376 e. The third-order valence-electron chi connectivity index (χ3n) is 4.60. The molecule has 1 heterocycles. The summed E-state index contributed by atoms with van der Waals surface area (Å²) in [7, 11) is -3.77. The van der Waals surface area contributed by atoms with Crippen LogP contribution in [0, 0.1) is 0 Å². The Kier molecular flexibility index (Phi) is 7.03. The van der Waals surface area contributed by atoms with Crippen molar-refractivity contribution in [2.45, 2.75) is 30.4 Å². The van der Waals surface area contributed by atoms with E-state index >= 15 is 0 Å². The van der Waals surface area contributed by atoms with Crippen LogP contribution in [0.15, 0.2) is 53.4 Å². The van der Waals surface area contributed by atoms with Crippen molar-refractivity contribution in [1.82, 2.24) is 10.0 Å². The van der Waals surface area contributed by atoms with Gasteiger partial charge in [0.2, 0.25) is 10.0 Å². The quantitative estimate of drug-likeness (QED) is 0.501. The first-order valence-electron chi connectivity index (χ1n) is 9.48. The fraction of sp³-hybridized carbons (Fsp3) is 0.300. The molecule has 9 nitrogen and oxygen atoms in total. The highest BCUT2D eigenvalue weighted by Crippen LogP contribution is 2.15. The fourth-order valence-corrected chi connectivity index (χ4v) is 4.08. The van der Waals surface area contributed by atoms with E-state index in [-0.39, 0.29) is 23.5 Å². The SMILES string of the molecule is NC(=O)Nc1ccc(S(=O)(=O)NCc2cccc(C(=O)NC[C@H]3CCCO3)c2)cc1. The summed E-state index contributed by atoms with van der Waals surface area (Å²) in [6.45, 7) is 1.20. The topological polar surface area (TPSA) is 140 Å². The molecule has 5 N–H and O–H groups in total. The average molecular weight is 433 g/mol. The van der Waals surface area contributed by atoms with E-state index in [1.54, 1.807) is 24.3 Å². The van der Waals surface area contributed by atoms with Crippen molar-refractivity contribution < 1.29 is 22.7 Å². The van der Waals surface area contributed by atoms with E-state index in [1.165, 1.54) is 24.3 Å². The van der Waals surface area contributed by atoms with Crippen molar-refractivity contribution in [3.8, 4) is 0 Å². The summed E-state index contributed by atoms with van der Waals surface area (Å²) in [6, 6.07) is 11.6. The zero-order valence-corrected chi connectivity index (χ0v) is 17.1. The van der Waals surface area contributed by atoms with Crippen LogP contribution < -0.4 is 21.1 Å². The Hall–Kier alpha value is -2.95. The molecule has 1 saturated heterocycles. The molecule has 2 aromatic rings. The molecule has 30 heavy (non-hydrogen) atoms. The van der Waals surface area contributed by atoms with Crippen LogP contribution in [0.4, 0.5) is 10.5 Å². The standard InChI is InChI=1S/C20H24N4O5S/c21-20(26)24-16-6-8-18(9-7-16)30(27,28)23-12-14-3-1-4-15(11-14)19(25)22-13-17-5-2-10-29-17/h1,3-4,6-9,11,17,23H,2,5,10,12-13H2,(H,22,25)(H3,21,24,26)/t17-/m1/s1. The Balaban J connectivity index is 1.58. The predicted molar refractivity (Wildman–Crippen MR) is 111 cm³/mol. The Labute approximate surface area is 175 Å². The molecule has 0 aliphatic carbocycles. The summed E-state index contributed by atoms with van der Waals surface area (Å²) in [6.07, 6.45) is 1.98. The van der Waals surface area contributed by atoms with Crippen molar-refractivity contribution in [2.24, 2.45) is 5.73 Å². The molecule has 1 atom stereocenters. The number of primary amides is 1. The molecule has 1 fully saturated rings. The maximum atomic E-state index is 12.5. The molecule has 3 amide bonds. The monoisotopic (exact) mass is 432 g/mol. The van der Waals surface area contributed by atoms with Gasteiger partial charge in [-0.05, 0) is 54.8 Å². The maximum absolute atomic E-state index is 12.5. The van der Waals surface area contributed by atoms with Crippen LogP contribution in [0.2, 0.25) is 0 Å². The summed E-state index contributed by atoms with van der Waals surface area (Å²) in [5.41, 5.74) is 6.52. The highest BCUT2D eigenvalue weighted by Gasteiger charge is 2.17. The second-order valence-electron chi connectivity index (χ2n) is 6.88. The Morgan fingerprint density at radius 2 is 1.90 bits per heavy atom.